The van der Waals surface area contributed by atoms with Gasteiger partial charge in [-0.15, -0.1) is 0 Å². The Morgan fingerprint density at radius 2 is 1.82 bits per heavy atom. The topological polar surface area (TPSA) is 87.0 Å². The second-order valence-corrected chi connectivity index (χ2v) is 10.3. The zero-order chi connectivity index (χ0) is 23.9. The van der Waals surface area contributed by atoms with E-state index in [1.807, 2.05) is 24.3 Å². The molecule has 172 valence electrons. The molecule has 7 nitrogen and oxygen atoms in total. The van der Waals surface area contributed by atoms with Crippen molar-refractivity contribution in [3.05, 3.63) is 92.2 Å². The highest BCUT2D eigenvalue weighted by Crippen LogP contribution is 2.31. The van der Waals surface area contributed by atoms with Gasteiger partial charge >= 0.3 is 10.1 Å². The van der Waals surface area contributed by atoms with Crippen LogP contribution in [0.1, 0.15) is 12.5 Å². The van der Waals surface area contributed by atoms with E-state index in [2.05, 4.69) is 4.98 Å². The van der Waals surface area contributed by atoms with Gasteiger partial charge in [-0.3, -0.25) is 4.79 Å². The van der Waals surface area contributed by atoms with Crippen LogP contribution in [0.4, 0.5) is 0 Å². The number of fused-ring (bicyclic) bond motifs is 3. The molecule has 0 N–H and O–H groups in total. The van der Waals surface area contributed by atoms with Crippen LogP contribution in [0.2, 0.25) is 5.02 Å². The number of hydrogen-bond acceptors (Lipinski definition) is 7. The lowest BCUT2D eigenvalue weighted by Gasteiger charge is -2.12. The van der Waals surface area contributed by atoms with E-state index in [0.717, 1.165) is 11.0 Å². The predicted molar refractivity (Wildman–Crippen MR) is 133 cm³/mol. The van der Waals surface area contributed by atoms with Crippen molar-refractivity contribution in [1.29, 1.82) is 0 Å². The fourth-order valence-corrected chi connectivity index (χ4v) is 5.54. The minimum absolute atomic E-state index is 0.0276. The fraction of sp³-hybridized carbons (Fsp3) is 0.0833. The van der Waals surface area contributed by atoms with Gasteiger partial charge in [0.2, 0.25) is 0 Å². The Hall–Kier alpha value is -3.40. The summed E-state index contributed by atoms with van der Waals surface area (Å²) in [6.07, 6.45) is 1.72. The van der Waals surface area contributed by atoms with E-state index in [0.29, 0.717) is 26.7 Å². The minimum atomic E-state index is -4.09. The van der Waals surface area contributed by atoms with E-state index < -0.39 is 10.1 Å². The Morgan fingerprint density at radius 1 is 1.06 bits per heavy atom. The van der Waals surface area contributed by atoms with Crippen LogP contribution in [0.3, 0.4) is 0 Å². The number of para-hydroxylation sites is 2. The van der Waals surface area contributed by atoms with Crippen LogP contribution in [-0.4, -0.2) is 24.4 Å². The number of rotatable bonds is 6. The van der Waals surface area contributed by atoms with Gasteiger partial charge in [0.25, 0.3) is 5.56 Å². The fourth-order valence-electron chi connectivity index (χ4n) is 3.48. The van der Waals surface area contributed by atoms with Gasteiger partial charge in [0.1, 0.15) is 4.90 Å². The summed E-state index contributed by atoms with van der Waals surface area (Å²) in [5, 5.41) is 0.417. The lowest BCUT2D eigenvalue weighted by molar-refractivity contribution is 0.327. The zero-order valence-corrected chi connectivity index (χ0v) is 20.2. The zero-order valence-electron chi connectivity index (χ0n) is 17.8. The van der Waals surface area contributed by atoms with Crippen molar-refractivity contribution in [2.45, 2.75) is 11.8 Å². The number of imidazole rings is 1. The van der Waals surface area contributed by atoms with Crippen LogP contribution in [0.5, 0.6) is 11.5 Å². The number of thiazole rings is 1. The van der Waals surface area contributed by atoms with E-state index in [4.69, 9.17) is 20.5 Å². The Kier molecular flexibility index (Phi) is 5.76. The van der Waals surface area contributed by atoms with Crippen molar-refractivity contribution in [1.82, 2.24) is 9.38 Å². The maximum absolute atomic E-state index is 13.0. The minimum Gasteiger partial charge on any atom is -0.490 e. The Balaban J connectivity index is 1.53. The first-order valence-electron chi connectivity index (χ1n) is 10.2. The number of halogens is 1. The van der Waals surface area contributed by atoms with Crippen molar-refractivity contribution >= 4 is 55.1 Å². The highest BCUT2D eigenvalue weighted by atomic mass is 35.5. The summed E-state index contributed by atoms with van der Waals surface area (Å²) in [5.41, 5.74) is 2.01. The second-order valence-electron chi connectivity index (χ2n) is 7.26. The van der Waals surface area contributed by atoms with Crippen molar-refractivity contribution in [3.8, 4) is 11.5 Å². The number of ether oxygens (including phenoxy) is 1. The molecule has 10 heteroatoms. The summed E-state index contributed by atoms with van der Waals surface area (Å²) in [6, 6.07) is 17.9. The normalized spacial score (nSPS) is 12.5. The van der Waals surface area contributed by atoms with E-state index in [9.17, 15) is 13.2 Å². The van der Waals surface area contributed by atoms with Gasteiger partial charge in [-0.2, -0.15) is 8.42 Å². The molecule has 0 spiro atoms. The second kappa shape index (κ2) is 8.75. The van der Waals surface area contributed by atoms with Crippen molar-refractivity contribution in [2.24, 2.45) is 0 Å². The first kappa shape index (κ1) is 22.4. The standard InChI is InChI=1S/C24H17ClN2O5S2/c1-2-31-21-13-15(7-12-20(21)32-34(29,30)17-10-8-16(25)9-11-17)14-22-23(28)27-19-6-4-3-5-18(19)26-24(27)33-22/h3-14H,2H2,1H3. The average molecular weight is 513 g/mol. The maximum Gasteiger partial charge on any atom is 0.339 e. The van der Waals surface area contributed by atoms with E-state index in [1.54, 1.807) is 29.5 Å². The van der Waals surface area contributed by atoms with Crippen molar-refractivity contribution < 1.29 is 17.3 Å². The molecule has 0 saturated heterocycles. The SMILES string of the molecule is CCOc1cc(C=c2sc3nc4ccccc4n3c2=O)ccc1OS(=O)(=O)c1ccc(Cl)cc1. The molecular weight excluding hydrogens is 496 g/mol. The van der Waals surface area contributed by atoms with Crippen LogP contribution in [0.25, 0.3) is 22.1 Å². The molecule has 2 heterocycles. The lowest BCUT2D eigenvalue weighted by Crippen LogP contribution is -2.22. The molecule has 0 aliphatic carbocycles. The van der Waals surface area contributed by atoms with Gasteiger partial charge in [0.05, 0.1) is 22.2 Å². The first-order chi connectivity index (χ1) is 16.4. The molecule has 0 unspecified atom stereocenters. The monoisotopic (exact) mass is 512 g/mol. The molecule has 0 atom stereocenters. The van der Waals surface area contributed by atoms with Gasteiger partial charge in [0.15, 0.2) is 16.5 Å². The maximum atomic E-state index is 13.0. The summed E-state index contributed by atoms with van der Waals surface area (Å²) in [6.45, 7) is 2.08. The van der Waals surface area contributed by atoms with Gasteiger partial charge in [-0.05, 0) is 67.1 Å². The molecule has 0 aliphatic heterocycles. The van der Waals surface area contributed by atoms with E-state index in [-0.39, 0.29) is 22.0 Å². The third-order valence-corrected chi connectivity index (χ3v) is 7.48. The summed E-state index contributed by atoms with van der Waals surface area (Å²) < 4.78 is 38.4. The third kappa shape index (κ3) is 4.13. The molecule has 5 aromatic rings. The largest absolute Gasteiger partial charge is 0.490 e. The van der Waals surface area contributed by atoms with Crippen LogP contribution in [0.15, 0.2) is 76.4 Å². The van der Waals surface area contributed by atoms with Crippen molar-refractivity contribution in [2.75, 3.05) is 6.61 Å². The molecular formula is C24H17ClN2O5S2. The molecule has 5 rings (SSSR count). The summed E-state index contributed by atoms with van der Waals surface area (Å²) in [4.78, 5) is 18.1. The van der Waals surface area contributed by atoms with Crippen LogP contribution < -0.4 is 19.0 Å². The highest BCUT2D eigenvalue weighted by molar-refractivity contribution is 7.87. The van der Waals surface area contributed by atoms with Crippen LogP contribution in [-0.2, 0) is 10.1 Å². The number of aromatic nitrogens is 2. The molecule has 0 radical (unpaired) electrons. The summed E-state index contributed by atoms with van der Waals surface area (Å²) >= 11 is 7.13. The summed E-state index contributed by atoms with van der Waals surface area (Å²) in [5.74, 6) is 0.288. The lowest BCUT2D eigenvalue weighted by atomic mass is 10.2. The van der Waals surface area contributed by atoms with Gasteiger partial charge in [-0.25, -0.2) is 9.38 Å². The molecule has 0 bridgehead atoms. The smallest absolute Gasteiger partial charge is 0.339 e. The van der Waals surface area contributed by atoms with Gasteiger partial charge in [-0.1, -0.05) is 41.1 Å². The highest BCUT2D eigenvalue weighted by Gasteiger charge is 2.19. The van der Waals surface area contributed by atoms with Crippen LogP contribution in [0, 0.1) is 0 Å². The third-order valence-electron chi connectivity index (χ3n) is 5.01. The molecule has 34 heavy (non-hydrogen) atoms. The molecule has 0 saturated carbocycles. The molecule has 0 fully saturated rings. The Bertz CT molecular complexity index is 1740. The van der Waals surface area contributed by atoms with E-state index in [1.165, 1.54) is 41.7 Å². The number of benzene rings is 3. The molecule has 3 aromatic carbocycles. The molecule has 0 amide bonds. The number of hydrogen-bond donors (Lipinski definition) is 0. The average Bonchev–Trinajstić information content (AvgIpc) is 3.32. The first-order valence-corrected chi connectivity index (χ1v) is 12.8. The van der Waals surface area contributed by atoms with Gasteiger partial charge < -0.3 is 8.92 Å². The Labute approximate surface area is 203 Å². The van der Waals surface area contributed by atoms with Crippen LogP contribution >= 0.6 is 22.9 Å². The van der Waals surface area contributed by atoms with Gasteiger partial charge in [0, 0.05) is 5.02 Å². The van der Waals surface area contributed by atoms with Crippen molar-refractivity contribution in [3.63, 3.8) is 0 Å². The molecule has 2 aromatic heterocycles. The summed E-state index contributed by atoms with van der Waals surface area (Å²) in [7, 11) is -4.09. The Morgan fingerprint density at radius 3 is 2.59 bits per heavy atom. The predicted octanol–water partition coefficient (Wildman–Crippen LogP) is 4.28. The molecule has 0 aliphatic rings. The van der Waals surface area contributed by atoms with E-state index >= 15 is 0 Å². The number of nitrogens with zero attached hydrogens (tertiary/aromatic N) is 2. The quantitative estimate of drug-likeness (QED) is 0.316.